The molecule has 0 aliphatic rings. The van der Waals surface area contributed by atoms with Crippen molar-refractivity contribution in [2.75, 3.05) is 5.32 Å². The summed E-state index contributed by atoms with van der Waals surface area (Å²) in [6.07, 6.45) is 0.0228. The lowest BCUT2D eigenvalue weighted by molar-refractivity contribution is 0.0975. The molecule has 0 aliphatic heterocycles. The molecule has 0 saturated heterocycles. The molecule has 2 aromatic carbocycles. The molecule has 0 heterocycles. The van der Waals surface area contributed by atoms with Crippen LogP contribution in [0.15, 0.2) is 48.5 Å². The van der Waals surface area contributed by atoms with Gasteiger partial charge in [0.2, 0.25) is 0 Å². The van der Waals surface area contributed by atoms with Crippen LogP contribution in [0.3, 0.4) is 0 Å². The number of hydrogen-bond donors (Lipinski definition) is 2. The monoisotopic (exact) mass is 356 g/mol. The minimum absolute atomic E-state index is 0.0228. The highest BCUT2D eigenvalue weighted by molar-refractivity contribution is 7.80. The average Bonchev–Trinajstić information content (AvgIpc) is 2.54. The van der Waals surface area contributed by atoms with Crippen LogP contribution in [0.1, 0.15) is 41.5 Å². The van der Waals surface area contributed by atoms with Crippen molar-refractivity contribution in [3.8, 4) is 5.75 Å². The second kappa shape index (κ2) is 8.39. The molecule has 0 saturated carbocycles. The van der Waals surface area contributed by atoms with Gasteiger partial charge in [0.1, 0.15) is 5.75 Å². The fourth-order valence-corrected chi connectivity index (χ4v) is 2.35. The van der Waals surface area contributed by atoms with E-state index < -0.39 is 0 Å². The number of thiocarbonyl (C=S) groups is 1. The predicted octanol–water partition coefficient (Wildman–Crippen LogP) is 3.80. The Morgan fingerprint density at radius 2 is 1.72 bits per heavy atom. The topological polar surface area (TPSA) is 67.4 Å². The molecule has 0 aliphatic carbocycles. The molecule has 0 aromatic heterocycles. The third-order valence-electron chi connectivity index (χ3n) is 3.22. The molecule has 0 spiro atoms. The molecule has 2 N–H and O–H groups in total. The summed E-state index contributed by atoms with van der Waals surface area (Å²) in [5.74, 6) is 0.241. The van der Waals surface area contributed by atoms with Gasteiger partial charge in [0, 0.05) is 16.8 Å². The lowest BCUT2D eigenvalue weighted by Gasteiger charge is -2.12. The van der Waals surface area contributed by atoms with E-state index in [1.54, 1.807) is 48.5 Å². The van der Waals surface area contributed by atoms with Gasteiger partial charge in [-0.1, -0.05) is 18.2 Å². The average molecular weight is 356 g/mol. The summed E-state index contributed by atoms with van der Waals surface area (Å²) in [5, 5.41) is 5.67. The van der Waals surface area contributed by atoms with Crippen LogP contribution in [-0.4, -0.2) is 22.9 Å². The Balaban J connectivity index is 2.02. The molecule has 0 unspecified atom stereocenters. The molecule has 6 heteroatoms. The van der Waals surface area contributed by atoms with E-state index in [2.05, 4.69) is 10.6 Å². The second-order valence-electron chi connectivity index (χ2n) is 5.74. The van der Waals surface area contributed by atoms with Crippen molar-refractivity contribution in [3.63, 3.8) is 0 Å². The maximum atomic E-state index is 12.3. The van der Waals surface area contributed by atoms with E-state index in [0.29, 0.717) is 22.6 Å². The lowest BCUT2D eigenvalue weighted by Crippen LogP contribution is -2.34. The van der Waals surface area contributed by atoms with Crippen molar-refractivity contribution in [3.05, 3.63) is 59.7 Å². The van der Waals surface area contributed by atoms with E-state index in [0.717, 1.165) is 0 Å². The van der Waals surface area contributed by atoms with Gasteiger partial charge < -0.3 is 10.1 Å². The molecule has 1 amide bonds. The molecule has 2 rings (SSSR count). The summed E-state index contributed by atoms with van der Waals surface area (Å²) >= 11 is 5.16. The quantitative estimate of drug-likeness (QED) is 0.630. The normalized spacial score (nSPS) is 10.2. The maximum Gasteiger partial charge on any atom is 0.257 e. The zero-order valence-corrected chi connectivity index (χ0v) is 15.1. The Morgan fingerprint density at radius 1 is 1.04 bits per heavy atom. The van der Waals surface area contributed by atoms with Gasteiger partial charge in [-0.25, -0.2) is 0 Å². The molecule has 0 fully saturated rings. The van der Waals surface area contributed by atoms with Crippen LogP contribution in [0.5, 0.6) is 5.75 Å². The number of benzene rings is 2. The first-order valence-corrected chi connectivity index (χ1v) is 8.26. The van der Waals surface area contributed by atoms with Crippen LogP contribution < -0.4 is 15.4 Å². The van der Waals surface area contributed by atoms with E-state index >= 15 is 0 Å². The highest BCUT2D eigenvalue weighted by Crippen LogP contribution is 2.15. The van der Waals surface area contributed by atoms with Crippen LogP contribution in [0, 0.1) is 0 Å². The highest BCUT2D eigenvalue weighted by Gasteiger charge is 2.10. The van der Waals surface area contributed by atoms with Crippen molar-refractivity contribution < 1.29 is 14.3 Å². The first kappa shape index (κ1) is 18.6. The maximum absolute atomic E-state index is 12.3. The minimum Gasteiger partial charge on any atom is -0.491 e. The van der Waals surface area contributed by atoms with Gasteiger partial charge in [0.15, 0.2) is 10.9 Å². The number of hydrogen-bond acceptors (Lipinski definition) is 4. The number of ketones is 1. The Hall–Kier alpha value is -2.73. The lowest BCUT2D eigenvalue weighted by atomic mass is 10.1. The van der Waals surface area contributed by atoms with Crippen LogP contribution in [0.4, 0.5) is 5.69 Å². The summed E-state index contributed by atoms with van der Waals surface area (Å²) in [5.41, 5.74) is 1.65. The van der Waals surface area contributed by atoms with Gasteiger partial charge in [-0.05, 0) is 63.3 Å². The van der Waals surface area contributed by atoms with E-state index in [1.165, 1.54) is 6.92 Å². The van der Waals surface area contributed by atoms with Crippen molar-refractivity contribution in [2.24, 2.45) is 0 Å². The SMILES string of the molecule is CC(=O)c1cccc(NC(=S)NC(=O)c2cccc(OC(C)C)c2)c1. The van der Waals surface area contributed by atoms with Gasteiger partial charge in [0.05, 0.1) is 6.10 Å². The molecular formula is C19H20N2O3S. The van der Waals surface area contributed by atoms with Crippen LogP contribution in [-0.2, 0) is 0 Å². The van der Waals surface area contributed by atoms with E-state index in [4.69, 9.17) is 17.0 Å². The van der Waals surface area contributed by atoms with Gasteiger partial charge in [-0.15, -0.1) is 0 Å². The fraction of sp³-hybridized carbons (Fsp3) is 0.211. The molecular weight excluding hydrogens is 336 g/mol. The van der Waals surface area contributed by atoms with Crippen LogP contribution >= 0.6 is 12.2 Å². The van der Waals surface area contributed by atoms with Gasteiger partial charge in [-0.2, -0.15) is 0 Å². The summed E-state index contributed by atoms with van der Waals surface area (Å²) in [6.45, 7) is 5.33. The van der Waals surface area contributed by atoms with Crippen LogP contribution in [0.2, 0.25) is 0 Å². The third-order valence-corrected chi connectivity index (χ3v) is 3.43. The minimum atomic E-state index is -0.338. The molecule has 0 atom stereocenters. The van der Waals surface area contributed by atoms with Crippen molar-refractivity contribution >= 4 is 34.7 Å². The molecule has 0 radical (unpaired) electrons. The Labute approximate surface area is 152 Å². The zero-order valence-electron chi connectivity index (χ0n) is 14.3. The largest absolute Gasteiger partial charge is 0.491 e. The summed E-state index contributed by atoms with van der Waals surface area (Å²) in [4.78, 5) is 23.7. The van der Waals surface area contributed by atoms with E-state index in [1.807, 2.05) is 13.8 Å². The van der Waals surface area contributed by atoms with Crippen molar-refractivity contribution in [1.29, 1.82) is 0 Å². The number of Topliss-reactive ketones (excluding diaryl/α,β-unsaturated/α-hetero) is 1. The van der Waals surface area contributed by atoms with Crippen LogP contribution in [0.25, 0.3) is 0 Å². The van der Waals surface area contributed by atoms with E-state index in [-0.39, 0.29) is 22.9 Å². The molecule has 130 valence electrons. The molecule has 2 aromatic rings. The third kappa shape index (κ3) is 5.69. The first-order valence-electron chi connectivity index (χ1n) is 7.85. The summed E-state index contributed by atoms with van der Waals surface area (Å²) in [6, 6.07) is 13.8. The standard InChI is InChI=1S/C19H20N2O3S/c1-12(2)24-17-9-5-7-15(11-17)18(23)21-19(25)20-16-8-4-6-14(10-16)13(3)22/h4-12H,1-3H3,(H2,20,21,23,25). The number of anilines is 1. The Bertz CT molecular complexity index is 803. The number of amides is 1. The van der Waals surface area contributed by atoms with E-state index in [9.17, 15) is 9.59 Å². The summed E-state index contributed by atoms with van der Waals surface area (Å²) in [7, 11) is 0. The van der Waals surface area contributed by atoms with Crippen molar-refractivity contribution in [1.82, 2.24) is 5.32 Å². The number of carbonyl (C=O) groups is 2. The van der Waals surface area contributed by atoms with Crippen molar-refractivity contribution in [2.45, 2.75) is 26.9 Å². The zero-order chi connectivity index (χ0) is 18.4. The Kier molecular flexibility index (Phi) is 6.25. The molecule has 0 bridgehead atoms. The second-order valence-corrected chi connectivity index (χ2v) is 6.15. The number of carbonyl (C=O) groups excluding carboxylic acids is 2. The molecule has 25 heavy (non-hydrogen) atoms. The smallest absolute Gasteiger partial charge is 0.257 e. The number of nitrogens with one attached hydrogen (secondary N) is 2. The Morgan fingerprint density at radius 3 is 2.40 bits per heavy atom. The number of ether oxygens (including phenoxy) is 1. The van der Waals surface area contributed by atoms with Gasteiger partial charge in [-0.3, -0.25) is 14.9 Å². The van der Waals surface area contributed by atoms with Gasteiger partial charge >= 0.3 is 0 Å². The molecule has 5 nitrogen and oxygen atoms in total. The highest BCUT2D eigenvalue weighted by atomic mass is 32.1. The van der Waals surface area contributed by atoms with Gasteiger partial charge in [0.25, 0.3) is 5.91 Å². The fourth-order valence-electron chi connectivity index (χ4n) is 2.14. The first-order chi connectivity index (χ1) is 11.8. The summed E-state index contributed by atoms with van der Waals surface area (Å²) < 4.78 is 5.58. The predicted molar refractivity (Wildman–Crippen MR) is 102 cm³/mol. The number of rotatable bonds is 5.